The Kier molecular flexibility index (Phi) is 3.03. The van der Waals surface area contributed by atoms with E-state index >= 15 is 0 Å². The van der Waals surface area contributed by atoms with Crippen molar-refractivity contribution in [3.05, 3.63) is 0 Å². The van der Waals surface area contributed by atoms with E-state index in [1.54, 1.807) is 0 Å². The molecule has 0 fully saturated rings. The molecule has 14 heavy (non-hydrogen) atoms. The summed E-state index contributed by atoms with van der Waals surface area (Å²) in [5, 5.41) is 2.67. The number of aliphatic imine (C=N–C) groups is 1. The molecule has 78 valence electrons. The molecule has 0 saturated carbocycles. The molecule has 0 aliphatic carbocycles. The quantitative estimate of drug-likeness (QED) is 0.669. The maximum atomic E-state index is 11.5. The van der Waals surface area contributed by atoms with Crippen molar-refractivity contribution in [2.45, 2.75) is 27.7 Å². The number of amidine groups is 1. The minimum atomic E-state index is -0.613. The summed E-state index contributed by atoms with van der Waals surface area (Å²) >= 11 is 0. The highest BCUT2D eigenvalue weighted by molar-refractivity contribution is 6.16. The highest BCUT2D eigenvalue weighted by Gasteiger charge is 2.34. The second-order valence-corrected chi connectivity index (χ2v) is 4.20. The molecule has 1 atom stereocenters. The number of nitrogens with zero attached hydrogens (tertiary/aromatic N) is 1. The topological polar surface area (TPSA) is 58.5 Å². The lowest BCUT2D eigenvalue weighted by Crippen LogP contribution is -2.47. The third-order valence-corrected chi connectivity index (χ3v) is 2.24. The second-order valence-electron chi connectivity index (χ2n) is 4.20. The fourth-order valence-corrected chi connectivity index (χ4v) is 1.39. The number of carbonyl (C=O) groups excluding carboxylic acids is 2. The molecule has 0 aromatic heterocycles. The van der Waals surface area contributed by atoms with Crippen LogP contribution in [0.5, 0.6) is 0 Å². The Morgan fingerprint density at radius 2 is 1.79 bits per heavy atom. The van der Waals surface area contributed by atoms with Gasteiger partial charge >= 0.3 is 0 Å². The zero-order valence-corrected chi connectivity index (χ0v) is 9.00. The van der Waals surface area contributed by atoms with Gasteiger partial charge in [-0.3, -0.25) is 9.59 Å². The van der Waals surface area contributed by atoms with E-state index in [2.05, 4.69) is 10.3 Å². The molecule has 1 rings (SSSR count). The Hall–Kier alpha value is -1.19. The summed E-state index contributed by atoms with van der Waals surface area (Å²) in [5.41, 5.74) is 0. The molecule has 1 unspecified atom stereocenters. The van der Waals surface area contributed by atoms with E-state index < -0.39 is 5.92 Å². The van der Waals surface area contributed by atoms with Crippen molar-refractivity contribution in [3.8, 4) is 0 Å². The Balaban J connectivity index is 2.92. The molecule has 1 N–H and O–H groups in total. The molecule has 4 heteroatoms. The van der Waals surface area contributed by atoms with Crippen LogP contribution in [0.25, 0.3) is 0 Å². The monoisotopic (exact) mass is 196 g/mol. The predicted octanol–water partition coefficient (Wildman–Crippen LogP) is 0.969. The average molecular weight is 196 g/mol. The molecule has 4 nitrogen and oxygen atoms in total. The van der Waals surface area contributed by atoms with Crippen molar-refractivity contribution >= 4 is 17.6 Å². The molecule has 0 saturated heterocycles. The number of amides is 2. The molecule has 0 radical (unpaired) electrons. The first-order chi connectivity index (χ1) is 6.43. The molecule has 1 aliphatic rings. The molecule has 0 aromatic carbocycles. The van der Waals surface area contributed by atoms with Crippen LogP contribution in [0.15, 0.2) is 4.99 Å². The van der Waals surface area contributed by atoms with E-state index in [1.165, 1.54) is 0 Å². The average Bonchev–Trinajstić information content (AvgIpc) is 2.01. The van der Waals surface area contributed by atoms with Gasteiger partial charge in [0.2, 0.25) is 5.91 Å². The minimum Gasteiger partial charge on any atom is -0.313 e. The number of hydrogen-bond acceptors (Lipinski definition) is 2. The zero-order chi connectivity index (χ0) is 10.9. The number of hydrogen-bond donors (Lipinski definition) is 1. The third-order valence-electron chi connectivity index (χ3n) is 2.24. The molecule has 0 aromatic rings. The number of rotatable bonds is 2. The van der Waals surface area contributed by atoms with Gasteiger partial charge in [0, 0.05) is 5.92 Å². The lowest BCUT2D eigenvalue weighted by Gasteiger charge is -2.23. The molecular weight excluding hydrogens is 180 g/mol. The molecular formula is C10H16N2O2. The van der Waals surface area contributed by atoms with Crippen molar-refractivity contribution in [2.75, 3.05) is 0 Å². The third kappa shape index (κ3) is 2.00. The fraction of sp³-hybridized carbons (Fsp3) is 0.700. The van der Waals surface area contributed by atoms with E-state index in [-0.39, 0.29) is 23.7 Å². The number of nitrogens with one attached hydrogen (secondary N) is 1. The lowest BCUT2D eigenvalue weighted by atomic mass is 9.92. The van der Waals surface area contributed by atoms with Crippen LogP contribution in [-0.2, 0) is 9.59 Å². The lowest BCUT2D eigenvalue weighted by molar-refractivity contribution is -0.135. The van der Waals surface area contributed by atoms with Crippen LogP contribution < -0.4 is 5.32 Å². The van der Waals surface area contributed by atoms with Gasteiger partial charge in [-0.05, 0) is 5.92 Å². The van der Waals surface area contributed by atoms with Crippen molar-refractivity contribution in [2.24, 2.45) is 22.7 Å². The van der Waals surface area contributed by atoms with Crippen LogP contribution in [0.4, 0.5) is 0 Å². The Labute approximate surface area is 83.8 Å². The minimum absolute atomic E-state index is 0.0000350. The summed E-state index contributed by atoms with van der Waals surface area (Å²) in [7, 11) is 0. The summed E-state index contributed by atoms with van der Waals surface area (Å²) in [6.45, 7) is 7.47. The summed E-state index contributed by atoms with van der Waals surface area (Å²) in [6, 6.07) is 0. The largest absolute Gasteiger partial charge is 0.313 e. The first kappa shape index (κ1) is 10.9. The van der Waals surface area contributed by atoms with Crippen LogP contribution in [0.1, 0.15) is 27.7 Å². The van der Waals surface area contributed by atoms with Gasteiger partial charge in [0.25, 0.3) is 5.91 Å². The smallest absolute Gasteiger partial charge is 0.260 e. The summed E-state index contributed by atoms with van der Waals surface area (Å²) in [5.74, 6) is -0.582. The normalized spacial score (nSPS) is 22.7. The zero-order valence-electron chi connectivity index (χ0n) is 9.00. The summed E-state index contributed by atoms with van der Waals surface area (Å²) in [6.07, 6.45) is 0. The van der Waals surface area contributed by atoms with Gasteiger partial charge in [0.05, 0.1) is 0 Å². The molecule has 1 aliphatic heterocycles. The maximum Gasteiger partial charge on any atom is 0.260 e. The predicted molar refractivity (Wildman–Crippen MR) is 53.8 cm³/mol. The maximum absolute atomic E-state index is 11.5. The molecule has 0 spiro atoms. The van der Waals surface area contributed by atoms with Crippen molar-refractivity contribution in [1.29, 1.82) is 0 Å². The first-order valence-electron chi connectivity index (χ1n) is 4.86. The highest BCUT2D eigenvalue weighted by Crippen LogP contribution is 2.17. The van der Waals surface area contributed by atoms with Gasteiger partial charge in [-0.1, -0.05) is 27.7 Å². The fourth-order valence-electron chi connectivity index (χ4n) is 1.39. The van der Waals surface area contributed by atoms with Crippen LogP contribution in [-0.4, -0.2) is 17.6 Å². The Bertz CT molecular complexity index is 292. The molecule has 1 heterocycles. The van der Waals surface area contributed by atoms with Crippen molar-refractivity contribution in [3.63, 3.8) is 0 Å². The van der Waals surface area contributed by atoms with Gasteiger partial charge in [0.1, 0.15) is 11.8 Å². The van der Waals surface area contributed by atoms with E-state index in [0.29, 0.717) is 5.84 Å². The second kappa shape index (κ2) is 3.90. The van der Waals surface area contributed by atoms with Crippen molar-refractivity contribution < 1.29 is 9.59 Å². The van der Waals surface area contributed by atoms with Crippen LogP contribution in [0, 0.1) is 17.8 Å². The summed E-state index contributed by atoms with van der Waals surface area (Å²) in [4.78, 5) is 26.9. The summed E-state index contributed by atoms with van der Waals surface area (Å²) < 4.78 is 0. The van der Waals surface area contributed by atoms with E-state index in [1.807, 2.05) is 27.7 Å². The van der Waals surface area contributed by atoms with Gasteiger partial charge in [-0.25, -0.2) is 0 Å². The SMILES string of the molecule is CC(C)C1=NC(=O)C(C(C)C)C(=O)N1. The van der Waals surface area contributed by atoms with E-state index in [0.717, 1.165) is 0 Å². The van der Waals surface area contributed by atoms with Crippen LogP contribution in [0.3, 0.4) is 0 Å². The van der Waals surface area contributed by atoms with E-state index in [4.69, 9.17) is 0 Å². The van der Waals surface area contributed by atoms with E-state index in [9.17, 15) is 9.59 Å². The molecule has 2 amide bonds. The standard InChI is InChI=1S/C10H16N2O2/c1-5(2)7-9(13)11-8(6(3)4)12-10(7)14/h5-7H,1-4H3,(H,11,12,13,14). The number of carbonyl (C=O) groups is 2. The highest BCUT2D eigenvalue weighted by atomic mass is 16.2. The van der Waals surface area contributed by atoms with Gasteiger partial charge in [0.15, 0.2) is 0 Å². The van der Waals surface area contributed by atoms with Crippen LogP contribution >= 0.6 is 0 Å². The van der Waals surface area contributed by atoms with Gasteiger partial charge in [-0.2, -0.15) is 4.99 Å². The Morgan fingerprint density at radius 3 is 2.14 bits per heavy atom. The van der Waals surface area contributed by atoms with Gasteiger partial charge in [-0.15, -0.1) is 0 Å². The van der Waals surface area contributed by atoms with Gasteiger partial charge < -0.3 is 5.32 Å². The first-order valence-corrected chi connectivity index (χ1v) is 4.86. The Morgan fingerprint density at radius 1 is 1.21 bits per heavy atom. The van der Waals surface area contributed by atoms with Crippen molar-refractivity contribution in [1.82, 2.24) is 5.32 Å². The molecule has 0 bridgehead atoms. The van der Waals surface area contributed by atoms with Crippen LogP contribution in [0.2, 0.25) is 0 Å².